The highest BCUT2D eigenvalue weighted by molar-refractivity contribution is 7.89. The van der Waals surface area contributed by atoms with Crippen molar-refractivity contribution in [1.29, 1.82) is 0 Å². The smallest absolute Gasteiger partial charge is 0.243 e. The van der Waals surface area contributed by atoms with Gasteiger partial charge in [0.25, 0.3) is 0 Å². The van der Waals surface area contributed by atoms with E-state index in [9.17, 15) is 13.2 Å². The Balaban J connectivity index is 1.65. The van der Waals surface area contributed by atoms with Gasteiger partial charge in [0, 0.05) is 31.7 Å². The number of hydrogen-bond donors (Lipinski definition) is 0. The summed E-state index contributed by atoms with van der Waals surface area (Å²) in [5.74, 6) is 0.603. The zero-order chi connectivity index (χ0) is 20.9. The number of sulfonamides is 1. The number of Topliss-reactive ketones (excluding diaryl/α,β-unsaturated/α-hetero) is 1. The summed E-state index contributed by atoms with van der Waals surface area (Å²) in [4.78, 5) is 12.9. The molecule has 1 aliphatic rings. The van der Waals surface area contributed by atoms with Crippen LogP contribution in [0.1, 0.15) is 28.8 Å². The first-order valence-corrected chi connectivity index (χ1v) is 11.2. The maximum absolute atomic E-state index is 13.0. The molecule has 2 aromatic carbocycles. The van der Waals surface area contributed by atoms with Crippen molar-refractivity contribution in [2.24, 2.45) is 5.92 Å². The number of carbonyl (C=O) groups is 1. The summed E-state index contributed by atoms with van der Waals surface area (Å²) >= 11 is 0. The fraction of sp³-hybridized carbons (Fsp3) is 0.409. The van der Waals surface area contributed by atoms with Crippen LogP contribution in [0.4, 0.5) is 0 Å². The molecule has 1 fully saturated rings. The topological polar surface area (TPSA) is 72.9 Å². The molecular formula is C22H27NO5S. The number of piperidine rings is 1. The van der Waals surface area contributed by atoms with E-state index in [1.807, 2.05) is 37.3 Å². The number of hydrogen-bond acceptors (Lipinski definition) is 5. The number of methoxy groups -OCH3 is 1. The van der Waals surface area contributed by atoms with E-state index in [-0.39, 0.29) is 16.6 Å². The lowest BCUT2D eigenvalue weighted by Crippen LogP contribution is -2.40. The van der Waals surface area contributed by atoms with Gasteiger partial charge < -0.3 is 9.47 Å². The van der Waals surface area contributed by atoms with Crippen LogP contribution in [0.3, 0.4) is 0 Å². The molecule has 0 unspecified atom stereocenters. The Morgan fingerprint density at radius 1 is 1.07 bits per heavy atom. The molecule has 29 heavy (non-hydrogen) atoms. The van der Waals surface area contributed by atoms with E-state index in [1.54, 1.807) is 25.3 Å². The lowest BCUT2D eigenvalue weighted by molar-refractivity contribution is 0.0875. The maximum Gasteiger partial charge on any atom is 0.243 e. The normalized spacial score (nSPS) is 15.9. The van der Waals surface area contributed by atoms with Crippen LogP contribution >= 0.6 is 0 Å². The predicted molar refractivity (Wildman–Crippen MR) is 111 cm³/mol. The van der Waals surface area contributed by atoms with Crippen LogP contribution in [-0.4, -0.2) is 51.9 Å². The average Bonchev–Trinajstić information content (AvgIpc) is 2.75. The fourth-order valence-electron chi connectivity index (χ4n) is 3.52. The van der Waals surface area contributed by atoms with Crippen LogP contribution in [0.25, 0.3) is 0 Å². The quantitative estimate of drug-likeness (QED) is 0.487. The number of ketones is 1. The molecule has 0 saturated carbocycles. The Morgan fingerprint density at radius 3 is 2.38 bits per heavy atom. The first-order valence-electron chi connectivity index (χ1n) is 9.75. The highest BCUT2D eigenvalue weighted by atomic mass is 32.2. The predicted octanol–water partition coefficient (Wildman–Crippen LogP) is 3.30. The second-order valence-corrected chi connectivity index (χ2v) is 9.12. The maximum atomic E-state index is 13.0. The van der Waals surface area contributed by atoms with Crippen LogP contribution in [0.15, 0.2) is 53.4 Å². The highest BCUT2D eigenvalue weighted by Gasteiger charge is 2.32. The molecule has 0 aliphatic carbocycles. The number of rotatable bonds is 8. The monoisotopic (exact) mass is 417 g/mol. The van der Waals surface area contributed by atoms with Gasteiger partial charge in [-0.05, 0) is 43.5 Å². The zero-order valence-corrected chi connectivity index (χ0v) is 17.7. The van der Waals surface area contributed by atoms with Crippen molar-refractivity contribution in [1.82, 2.24) is 4.31 Å². The molecule has 7 heteroatoms. The Hall–Kier alpha value is -2.22. The second kappa shape index (κ2) is 9.52. The highest BCUT2D eigenvalue weighted by Crippen LogP contribution is 2.28. The Kier molecular flexibility index (Phi) is 7.05. The van der Waals surface area contributed by atoms with Gasteiger partial charge in [-0.1, -0.05) is 30.3 Å². The second-order valence-electron chi connectivity index (χ2n) is 7.18. The van der Waals surface area contributed by atoms with Gasteiger partial charge in [-0.15, -0.1) is 0 Å². The third kappa shape index (κ3) is 5.04. The minimum Gasteiger partial charge on any atom is -0.491 e. The van der Waals surface area contributed by atoms with E-state index >= 15 is 0 Å². The van der Waals surface area contributed by atoms with E-state index < -0.39 is 10.0 Å². The number of benzene rings is 2. The van der Waals surface area contributed by atoms with Gasteiger partial charge in [-0.2, -0.15) is 4.31 Å². The molecule has 0 N–H and O–H groups in total. The SMILES string of the molecule is COCCOc1ccc(S(=O)(=O)N2CCC(C(=O)c3ccccc3)CC2)cc1C. The molecule has 0 radical (unpaired) electrons. The van der Waals surface area contributed by atoms with Crippen LogP contribution in [0.5, 0.6) is 5.75 Å². The summed E-state index contributed by atoms with van der Waals surface area (Å²) in [6, 6.07) is 14.1. The number of nitrogens with zero attached hydrogens (tertiary/aromatic N) is 1. The van der Waals surface area contributed by atoms with Gasteiger partial charge in [0.05, 0.1) is 11.5 Å². The average molecular weight is 418 g/mol. The Morgan fingerprint density at radius 2 is 1.76 bits per heavy atom. The van der Waals surface area contributed by atoms with Gasteiger partial charge in [0.15, 0.2) is 5.78 Å². The Bertz CT molecular complexity index is 935. The van der Waals surface area contributed by atoms with E-state index in [0.717, 1.165) is 5.56 Å². The third-order valence-electron chi connectivity index (χ3n) is 5.21. The first-order chi connectivity index (χ1) is 13.9. The summed E-state index contributed by atoms with van der Waals surface area (Å²) in [6.07, 6.45) is 1.06. The van der Waals surface area contributed by atoms with Gasteiger partial charge in [0.1, 0.15) is 12.4 Å². The van der Waals surface area contributed by atoms with Crippen molar-refractivity contribution >= 4 is 15.8 Å². The van der Waals surface area contributed by atoms with Crippen LogP contribution < -0.4 is 4.74 Å². The molecule has 2 aromatic rings. The van der Waals surface area contributed by atoms with Gasteiger partial charge in [-0.25, -0.2) is 8.42 Å². The van der Waals surface area contributed by atoms with Gasteiger partial charge in [-0.3, -0.25) is 4.79 Å². The first kappa shape index (κ1) is 21.5. The number of carbonyl (C=O) groups excluding carboxylic acids is 1. The van der Waals surface area contributed by atoms with E-state index in [4.69, 9.17) is 9.47 Å². The lowest BCUT2D eigenvalue weighted by atomic mass is 9.90. The minimum atomic E-state index is -3.60. The van der Waals surface area contributed by atoms with Crippen molar-refractivity contribution in [3.8, 4) is 5.75 Å². The van der Waals surface area contributed by atoms with Crippen molar-refractivity contribution in [2.45, 2.75) is 24.7 Å². The summed E-state index contributed by atoms with van der Waals surface area (Å²) < 4.78 is 38.1. The molecule has 0 atom stereocenters. The van der Waals surface area contributed by atoms with Crippen molar-refractivity contribution in [3.05, 3.63) is 59.7 Å². The minimum absolute atomic E-state index is 0.0936. The molecular weight excluding hydrogens is 390 g/mol. The summed E-state index contributed by atoms with van der Waals surface area (Å²) in [5.41, 5.74) is 1.45. The van der Waals surface area contributed by atoms with Gasteiger partial charge in [0.2, 0.25) is 10.0 Å². The molecule has 0 aromatic heterocycles. The van der Waals surface area contributed by atoms with Crippen LogP contribution in [0.2, 0.25) is 0 Å². The fourth-order valence-corrected chi connectivity index (χ4v) is 5.08. The number of ether oxygens (including phenoxy) is 2. The third-order valence-corrected chi connectivity index (χ3v) is 7.11. The standard InChI is InChI=1S/C22H27NO5S/c1-17-16-20(8-9-21(17)28-15-14-27-2)29(25,26)23-12-10-19(11-13-23)22(24)18-6-4-3-5-7-18/h3-9,16,19H,10-15H2,1-2H3. The summed E-state index contributed by atoms with van der Waals surface area (Å²) in [7, 11) is -2.00. The van der Waals surface area contributed by atoms with E-state index in [2.05, 4.69) is 0 Å². The zero-order valence-electron chi connectivity index (χ0n) is 16.8. The molecule has 3 rings (SSSR count). The lowest BCUT2D eigenvalue weighted by Gasteiger charge is -2.30. The summed E-state index contributed by atoms with van der Waals surface area (Å²) in [6.45, 7) is 3.39. The largest absolute Gasteiger partial charge is 0.491 e. The summed E-state index contributed by atoms with van der Waals surface area (Å²) in [5, 5.41) is 0. The van der Waals surface area contributed by atoms with E-state index in [1.165, 1.54) is 4.31 Å². The Labute approximate surface area is 172 Å². The number of aryl methyl sites for hydroxylation is 1. The molecule has 6 nitrogen and oxygen atoms in total. The molecule has 0 spiro atoms. The molecule has 1 aliphatic heterocycles. The molecule has 156 valence electrons. The van der Waals surface area contributed by atoms with Crippen LogP contribution in [-0.2, 0) is 14.8 Å². The molecule has 0 amide bonds. The van der Waals surface area contributed by atoms with Crippen molar-refractivity contribution < 1.29 is 22.7 Å². The van der Waals surface area contributed by atoms with Crippen LogP contribution in [0, 0.1) is 12.8 Å². The van der Waals surface area contributed by atoms with E-state index in [0.29, 0.717) is 50.5 Å². The van der Waals surface area contributed by atoms with Gasteiger partial charge >= 0.3 is 0 Å². The van der Waals surface area contributed by atoms with Crippen molar-refractivity contribution in [2.75, 3.05) is 33.4 Å². The van der Waals surface area contributed by atoms with Crippen molar-refractivity contribution in [3.63, 3.8) is 0 Å². The molecule has 1 heterocycles. The molecule has 0 bridgehead atoms. The molecule has 1 saturated heterocycles.